The van der Waals surface area contributed by atoms with Crippen LogP contribution in [0.1, 0.15) is 144 Å². The number of β-lactam (4-membered cyclic amide) rings is 1. The number of nitrogens with zero attached hydrogens (tertiary/aromatic N) is 1. The van der Waals surface area contributed by atoms with Gasteiger partial charge in [0.2, 0.25) is 8.77 Å². The maximum absolute atomic E-state index is 14.8. The van der Waals surface area contributed by atoms with E-state index in [4.69, 9.17) is 36.8 Å². The van der Waals surface area contributed by atoms with Gasteiger partial charge in [-0.15, -0.1) is 22.7 Å². The Hall–Kier alpha value is -0.377. The molecule has 11 rings (SSSR count). The van der Waals surface area contributed by atoms with Crippen LogP contribution in [0, 0.1) is 145 Å². The fourth-order valence-electron chi connectivity index (χ4n) is 17.8. The summed E-state index contributed by atoms with van der Waals surface area (Å²) >= 11 is 12.0. The van der Waals surface area contributed by atoms with Crippen molar-refractivity contribution in [1.82, 2.24) is 10.2 Å². The van der Waals surface area contributed by atoms with Crippen LogP contribution in [0.3, 0.4) is 0 Å². The molecule has 3 saturated heterocycles. The zero-order valence-corrected chi connectivity index (χ0v) is 71.7. The average molecular weight is 1850 g/mol. The second-order valence-corrected chi connectivity index (χ2v) is 33.0. The van der Waals surface area contributed by atoms with Crippen molar-refractivity contribution >= 4 is 96.4 Å². The molecule has 8 N–H and O–H groups in total. The summed E-state index contributed by atoms with van der Waals surface area (Å²) in [5.74, 6) is -6.30. The van der Waals surface area contributed by atoms with Gasteiger partial charge in [-0.3, -0.25) is 28.8 Å². The molecule has 22 atom stereocenters. The predicted octanol–water partition coefficient (Wildman–Crippen LogP) is 7.14. The Morgan fingerprint density at radius 3 is 1.52 bits per heavy atom. The number of fused-ring (bicyclic) bond motifs is 10. The van der Waals surface area contributed by atoms with Crippen molar-refractivity contribution in [3.63, 3.8) is 0 Å². The van der Waals surface area contributed by atoms with E-state index in [-0.39, 0.29) is 145 Å². The number of esters is 3. The summed E-state index contributed by atoms with van der Waals surface area (Å²) < 4.78 is 44.5. The van der Waals surface area contributed by atoms with Crippen molar-refractivity contribution in [1.29, 1.82) is 2.86 Å². The summed E-state index contributed by atoms with van der Waals surface area (Å²) in [7, 11) is 5.65. The minimum absolute atomic E-state index is 0. The number of aliphatic hydroxyl groups is 7. The number of aliphatic hydroxyl groups excluding tert-OH is 3. The molecule has 7 fully saturated rings. The molecule has 20 nitrogen and oxygen atoms in total. The van der Waals surface area contributed by atoms with Gasteiger partial charge in [0.1, 0.15) is 17.3 Å². The number of hydrogen-bond donors (Lipinski definition) is 8. The van der Waals surface area contributed by atoms with Gasteiger partial charge < -0.3 is 69.7 Å². The molecular weight excluding hydrogens is 1750 g/mol. The third-order valence-corrected chi connectivity index (χ3v) is 24.8. The molecule has 2 aromatic heterocycles. The Labute approximate surface area is 649 Å². The van der Waals surface area contributed by atoms with Crippen LogP contribution in [0.4, 0.5) is 0 Å². The molecule has 0 aromatic carbocycles. The molecule has 518 valence electrons. The normalized spacial score (nSPS) is 40.2. The molecule has 1 amide bonds. The zero-order chi connectivity index (χ0) is 70.7. The minimum Gasteiger partial charge on any atom is -0.457 e. The van der Waals surface area contributed by atoms with E-state index >= 15 is 0 Å². The number of likely N-dealkylation sites (tertiary alicyclic amines) is 1. The molecule has 3 aliphatic heterocycles. The fraction of sp³-hybridized carbons (Fsp3) is 0.727. The van der Waals surface area contributed by atoms with E-state index in [1.165, 1.54) is 30.1 Å². The molecule has 2 unspecified atom stereocenters. The first kappa shape index (κ1) is 80.9. The molecule has 6 aliphatic carbocycles. The van der Waals surface area contributed by atoms with Crippen molar-refractivity contribution in [2.24, 2.45) is 57.2 Å². The Balaban J connectivity index is 0.000000278. The number of hydrogen-bond acceptors (Lipinski definition) is 23. The average Bonchev–Trinajstić information content (AvgIpc) is 0.727. The van der Waals surface area contributed by atoms with Crippen LogP contribution in [0.5, 0.6) is 0 Å². The van der Waals surface area contributed by atoms with Crippen LogP contribution in [-0.4, -0.2) is 191 Å². The van der Waals surface area contributed by atoms with Crippen LogP contribution in [0.15, 0.2) is 57.3 Å². The van der Waals surface area contributed by atoms with Crippen molar-refractivity contribution < 1.29 is 176 Å². The second kappa shape index (κ2) is 31.7. The molecular formula is C66H96Ac2N2O18P2S4. The predicted molar refractivity (Wildman–Crippen MR) is 356 cm³/mol. The first-order chi connectivity index (χ1) is 43.7. The van der Waals surface area contributed by atoms with Gasteiger partial charge in [0.05, 0.1) is 89.7 Å². The number of thiophene rings is 2. The number of ether oxygens (including phenoxy) is 5. The maximum atomic E-state index is 14.8. The Bertz CT molecular complexity index is 3250. The van der Waals surface area contributed by atoms with Crippen molar-refractivity contribution in [2.75, 3.05) is 40.6 Å². The summed E-state index contributed by atoms with van der Waals surface area (Å²) in [5.41, 5.74) is -9.59. The number of carbonyl (C=O) groups is 6. The molecule has 4 bridgehead atoms. The molecule has 4 saturated carbocycles. The minimum atomic E-state index is -1.66. The van der Waals surface area contributed by atoms with Gasteiger partial charge >= 0.3 is 17.9 Å². The van der Waals surface area contributed by atoms with E-state index in [0.717, 1.165) is 19.6 Å². The van der Waals surface area contributed by atoms with Crippen molar-refractivity contribution in [3.05, 3.63) is 67.1 Å². The van der Waals surface area contributed by atoms with Crippen LogP contribution in [0.2, 0.25) is 0 Å². The van der Waals surface area contributed by atoms with Gasteiger partial charge in [0, 0.05) is 167 Å². The topological polar surface area (TPSA) is 305 Å². The summed E-state index contributed by atoms with van der Waals surface area (Å²) in [6.45, 7) is 27.3. The third-order valence-electron chi connectivity index (χ3n) is 22.9. The van der Waals surface area contributed by atoms with Gasteiger partial charge in [-0.25, -0.2) is 0 Å². The summed E-state index contributed by atoms with van der Waals surface area (Å²) in [5, 5.41) is 77.1. The number of nitrogens with one attached hydrogen (secondary N) is 1. The number of Topliss-reactive ketones (excluding diaryl/α,β-unsaturated/α-hetero) is 2. The molecule has 0 spiro atoms. The number of amides is 1. The van der Waals surface area contributed by atoms with E-state index in [2.05, 4.69) is 40.4 Å². The standard InChI is InChI=1S/C32H45NO9S.C23H34O8.C9H11NOS.2CH3PS.2Ac/c1-15-19(42-28(37)16(2)24(33-8)20-10-9-11-43-20)13-32(39)17(3)26-30(7,21(35)12-22-31(26,38)14-40-22)27(36)25(41-18(4)34)23(15)29(32,5)6;1-10-13(25)8-23(29)11(2)18-21(6,14(26)7-15-22(18,28)9-30-15)19(27)17(31-12(3)24)16(10)20(23,4)5;1-6-8(10(2)9(6)11)7-4-3-5-12-7;2*1-2-3;;/h9-11,16-17,19,21-22,24-26,33,35,38-39H,12-14H2,1-8H3;11,13-15,17-18,25-26,28-29H,7-9H2,1-6H3;3-6,8H,1-2H3;2*1H3;;/t16-,17+,19+,21+,22-,24-,25-,26?,30-,31+,32-;11-,13-,14-,15+,17+,18?,21+,22-,23+;6-,8-;;;;/m101..../s1/i35D;26D;;;;;. The molecule has 2 aromatic rings. The Morgan fingerprint density at radius 1 is 0.734 bits per heavy atom. The first-order valence-corrected chi connectivity index (χ1v) is 37.7. The third kappa shape index (κ3) is 14.0. The number of ketones is 2. The summed E-state index contributed by atoms with van der Waals surface area (Å²) in [6.07, 6.45) is -7.92. The number of carbonyl (C=O) groups excluding carboxylic acids is 6. The van der Waals surface area contributed by atoms with Gasteiger partial charge in [-0.2, -0.15) is 0 Å². The molecule has 94 heavy (non-hydrogen) atoms. The van der Waals surface area contributed by atoms with E-state index in [1.54, 1.807) is 94.5 Å². The Kier molecular flexibility index (Phi) is 27.3. The number of rotatable bonds is 10. The van der Waals surface area contributed by atoms with Gasteiger partial charge in [0.15, 0.2) is 23.8 Å². The SMILES string of the molecule is CP=S.CP=S.C[C@H]1C(=O)N(C)[C@H]1c1cccs1.[2H]O[C@H]1C[C@H]2OC[C@@]2(O)C2[C@H](C)[C@]3(O)C[C@H](O)C(C)=C([C@@H](OC(C)=O)C(=O)[C@@]21C)C3(C)C.[2H]O[C@H]1C[C@H]2OC[C@@]2(O)C2[C@H](C)[C@]3(O)C[C@H](OC(=O)[C@H](C)[C@@H](NC)c4cccs4)C(C)=C([C@@H](OC(C)=O)C(=O)[C@@]21C)C3(C)C.[Ac].[Ac]. The molecule has 5 heterocycles. The van der Waals surface area contributed by atoms with Crippen LogP contribution in [-0.2, 0) is 76.1 Å². The fourth-order valence-corrected chi connectivity index (χ4v) is 19.7. The monoisotopic (exact) mass is 1850 g/mol. The van der Waals surface area contributed by atoms with Gasteiger partial charge in [-0.05, 0) is 120 Å². The molecule has 2 radical (unpaired) electrons. The van der Waals surface area contributed by atoms with Crippen LogP contribution in [0.25, 0.3) is 0 Å². The summed E-state index contributed by atoms with van der Waals surface area (Å²) in [4.78, 5) is 82.8. The first-order valence-electron chi connectivity index (χ1n) is 32.1. The molecule has 28 heteroatoms. The van der Waals surface area contributed by atoms with E-state index < -0.39 is 152 Å². The second-order valence-electron chi connectivity index (χ2n) is 28.1. The van der Waals surface area contributed by atoms with E-state index in [1.807, 2.05) is 55.8 Å². The maximum Gasteiger partial charge on any atom is 0.311 e. The molecule has 9 aliphatic rings. The Morgan fingerprint density at radius 2 is 1.16 bits per heavy atom. The van der Waals surface area contributed by atoms with Gasteiger partial charge in [0.25, 0.3) is 0 Å². The smallest absolute Gasteiger partial charge is 0.311 e. The van der Waals surface area contributed by atoms with Crippen molar-refractivity contribution in [3.8, 4) is 0 Å². The van der Waals surface area contributed by atoms with E-state index in [0.29, 0.717) is 28.3 Å². The quantitative estimate of drug-likeness (QED) is 0.0385. The van der Waals surface area contributed by atoms with E-state index in [9.17, 15) is 54.3 Å². The van der Waals surface area contributed by atoms with Gasteiger partial charge in [-0.1, -0.05) is 91.1 Å². The zero-order valence-electron chi connectivity index (χ0n) is 59.1. The van der Waals surface area contributed by atoms with Crippen molar-refractivity contribution in [2.45, 2.75) is 206 Å². The van der Waals surface area contributed by atoms with Crippen LogP contribution >= 0.6 is 37.4 Å². The largest absolute Gasteiger partial charge is 0.457 e. The van der Waals surface area contributed by atoms with Crippen LogP contribution < -0.4 is 5.32 Å². The summed E-state index contributed by atoms with van der Waals surface area (Å²) in [6, 6.07) is 8.02.